The van der Waals surface area contributed by atoms with E-state index in [9.17, 15) is 13.2 Å². The quantitative estimate of drug-likeness (QED) is 0.606. The summed E-state index contributed by atoms with van der Waals surface area (Å²) >= 11 is 4.79. The van der Waals surface area contributed by atoms with Crippen LogP contribution in [0.25, 0.3) is 0 Å². The zero-order valence-corrected chi connectivity index (χ0v) is 9.78. The number of sulfone groups is 1. The van der Waals surface area contributed by atoms with E-state index in [0.29, 0.717) is 6.42 Å². The predicted molar refractivity (Wildman–Crippen MR) is 58.3 cm³/mol. The molecule has 1 amide bonds. The molecule has 0 aromatic heterocycles. The molecule has 0 aliphatic carbocycles. The molecule has 0 aromatic rings. The summed E-state index contributed by atoms with van der Waals surface area (Å²) in [7, 11) is -1.72. The highest BCUT2D eigenvalue weighted by atomic mass is 32.2. The highest BCUT2D eigenvalue weighted by Crippen LogP contribution is 2.10. The van der Waals surface area contributed by atoms with Crippen LogP contribution in [0.4, 0.5) is 4.79 Å². The number of carbonyl (C=O) groups is 1. The summed E-state index contributed by atoms with van der Waals surface area (Å²) in [5.74, 6) is 0.210. The van der Waals surface area contributed by atoms with Gasteiger partial charge in [-0.2, -0.15) is 0 Å². The summed E-state index contributed by atoms with van der Waals surface area (Å²) < 4.78 is 26.5. The van der Waals surface area contributed by atoms with Gasteiger partial charge in [-0.3, -0.25) is 5.32 Å². The lowest BCUT2D eigenvalue weighted by Gasteiger charge is -2.12. The molecule has 1 fully saturated rings. The van der Waals surface area contributed by atoms with Gasteiger partial charge in [0.2, 0.25) is 0 Å². The molecule has 0 radical (unpaired) electrons. The third-order valence-corrected chi connectivity index (χ3v) is 3.96. The minimum Gasteiger partial charge on any atom is -0.453 e. The monoisotopic (exact) mass is 252 g/mol. The van der Waals surface area contributed by atoms with Gasteiger partial charge in [-0.1, -0.05) is 0 Å². The van der Waals surface area contributed by atoms with Gasteiger partial charge in [-0.25, -0.2) is 13.2 Å². The van der Waals surface area contributed by atoms with Crippen LogP contribution in [0.5, 0.6) is 0 Å². The standard InChI is InChI=1S/C7H12N2O4S2/c1-13-7(10)9-6(14)8-5-2-3-15(11,12)4-5/h5H,2-4H2,1H3,(H2,8,9,10,14). The van der Waals surface area contributed by atoms with Crippen LogP contribution in [0.3, 0.4) is 0 Å². The molecule has 1 unspecified atom stereocenters. The van der Waals surface area contributed by atoms with E-state index in [1.165, 1.54) is 7.11 Å². The van der Waals surface area contributed by atoms with Gasteiger partial charge in [-0.05, 0) is 18.6 Å². The molecule has 2 N–H and O–H groups in total. The topological polar surface area (TPSA) is 84.5 Å². The Balaban J connectivity index is 2.37. The van der Waals surface area contributed by atoms with Crippen LogP contribution in [0.2, 0.25) is 0 Å². The highest BCUT2D eigenvalue weighted by molar-refractivity contribution is 7.91. The molecule has 86 valence electrons. The van der Waals surface area contributed by atoms with Gasteiger partial charge in [0.1, 0.15) is 0 Å². The van der Waals surface area contributed by atoms with E-state index in [0.717, 1.165) is 0 Å². The fourth-order valence-corrected chi connectivity index (χ4v) is 3.20. The van der Waals surface area contributed by atoms with Crippen LogP contribution in [0.1, 0.15) is 6.42 Å². The first-order chi connectivity index (χ1) is 6.93. The van der Waals surface area contributed by atoms with Crippen molar-refractivity contribution in [2.45, 2.75) is 12.5 Å². The molecule has 0 spiro atoms. The normalized spacial score (nSPS) is 23.1. The first kappa shape index (κ1) is 12.2. The third kappa shape index (κ3) is 4.00. The molecule has 1 rings (SSSR count). The molecule has 15 heavy (non-hydrogen) atoms. The number of thiocarbonyl (C=S) groups is 1. The van der Waals surface area contributed by atoms with E-state index in [1.54, 1.807) is 0 Å². The Morgan fingerprint density at radius 3 is 2.67 bits per heavy atom. The number of ether oxygens (including phenoxy) is 1. The van der Waals surface area contributed by atoms with Crippen LogP contribution in [-0.4, -0.2) is 44.3 Å². The summed E-state index contributed by atoms with van der Waals surface area (Å²) in [4.78, 5) is 10.7. The first-order valence-electron chi connectivity index (χ1n) is 4.29. The zero-order chi connectivity index (χ0) is 11.5. The maximum Gasteiger partial charge on any atom is 0.413 e. The van der Waals surface area contributed by atoms with Crippen molar-refractivity contribution >= 4 is 33.3 Å². The molecule has 1 heterocycles. The van der Waals surface area contributed by atoms with Crippen molar-refractivity contribution in [1.82, 2.24) is 10.6 Å². The number of nitrogens with one attached hydrogen (secondary N) is 2. The molecular formula is C7H12N2O4S2. The fourth-order valence-electron chi connectivity index (χ4n) is 1.27. The van der Waals surface area contributed by atoms with Gasteiger partial charge in [0.05, 0.1) is 18.6 Å². The molecule has 1 atom stereocenters. The van der Waals surface area contributed by atoms with Crippen molar-refractivity contribution in [3.05, 3.63) is 0 Å². The van der Waals surface area contributed by atoms with Crippen molar-refractivity contribution < 1.29 is 17.9 Å². The van der Waals surface area contributed by atoms with Crippen LogP contribution >= 0.6 is 12.2 Å². The van der Waals surface area contributed by atoms with Crippen LogP contribution in [0.15, 0.2) is 0 Å². The van der Waals surface area contributed by atoms with Crippen molar-refractivity contribution in [3.63, 3.8) is 0 Å². The average molecular weight is 252 g/mol. The van der Waals surface area contributed by atoms with Crippen molar-refractivity contribution in [2.75, 3.05) is 18.6 Å². The van der Waals surface area contributed by atoms with E-state index >= 15 is 0 Å². The Morgan fingerprint density at radius 1 is 1.53 bits per heavy atom. The Kier molecular flexibility index (Phi) is 3.86. The van der Waals surface area contributed by atoms with Gasteiger partial charge < -0.3 is 10.1 Å². The second-order valence-corrected chi connectivity index (χ2v) is 5.83. The summed E-state index contributed by atoms with van der Waals surface area (Å²) in [6.45, 7) is 0. The van der Waals surface area contributed by atoms with Crippen LogP contribution in [0, 0.1) is 0 Å². The third-order valence-electron chi connectivity index (χ3n) is 1.97. The second-order valence-electron chi connectivity index (χ2n) is 3.19. The summed E-state index contributed by atoms with van der Waals surface area (Å²) in [5, 5.41) is 5.08. The second kappa shape index (κ2) is 4.75. The highest BCUT2D eigenvalue weighted by Gasteiger charge is 2.28. The molecule has 6 nitrogen and oxygen atoms in total. The maximum atomic E-state index is 11.1. The molecule has 1 aliphatic rings. The number of rotatable bonds is 1. The van der Waals surface area contributed by atoms with Crippen molar-refractivity contribution in [3.8, 4) is 0 Å². The fraction of sp³-hybridized carbons (Fsp3) is 0.714. The van der Waals surface area contributed by atoms with Crippen molar-refractivity contribution in [1.29, 1.82) is 0 Å². The Hall–Kier alpha value is -0.890. The van der Waals surface area contributed by atoms with Crippen molar-refractivity contribution in [2.24, 2.45) is 0 Å². The Morgan fingerprint density at radius 2 is 2.20 bits per heavy atom. The summed E-state index contributed by atoms with van der Waals surface area (Å²) in [6.07, 6.45) is -0.168. The molecule has 1 aliphatic heterocycles. The van der Waals surface area contributed by atoms with Crippen LogP contribution < -0.4 is 10.6 Å². The predicted octanol–water partition coefficient (Wildman–Crippen LogP) is -0.596. The maximum absolute atomic E-state index is 11.1. The van der Waals surface area contributed by atoms with Gasteiger partial charge in [0.25, 0.3) is 0 Å². The Bertz CT molecular complexity index is 365. The lowest BCUT2D eigenvalue weighted by molar-refractivity contribution is 0.176. The van der Waals surface area contributed by atoms with E-state index in [1.807, 2.05) is 0 Å². The number of alkyl carbamates (subject to hydrolysis) is 1. The van der Waals surface area contributed by atoms with Gasteiger partial charge in [-0.15, -0.1) is 0 Å². The van der Waals surface area contributed by atoms with Gasteiger partial charge in [0, 0.05) is 6.04 Å². The summed E-state index contributed by atoms with van der Waals surface area (Å²) in [5.41, 5.74) is 0. The van der Waals surface area contributed by atoms with Crippen LogP contribution in [-0.2, 0) is 14.6 Å². The van der Waals surface area contributed by atoms with E-state index in [2.05, 4.69) is 15.4 Å². The molecule has 0 bridgehead atoms. The smallest absolute Gasteiger partial charge is 0.413 e. The number of amides is 1. The van der Waals surface area contributed by atoms with E-state index in [-0.39, 0.29) is 22.7 Å². The Labute approximate surface area is 93.3 Å². The average Bonchev–Trinajstić information content (AvgIpc) is 2.44. The SMILES string of the molecule is COC(=O)NC(=S)NC1CCS(=O)(=O)C1. The van der Waals surface area contributed by atoms with Gasteiger partial charge in [0.15, 0.2) is 14.9 Å². The minimum absolute atomic E-state index is 0.0516. The molecule has 1 saturated heterocycles. The number of hydrogen-bond acceptors (Lipinski definition) is 5. The van der Waals surface area contributed by atoms with Gasteiger partial charge >= 0.3 is 6.09 Å². The summed E-state index contributed by atoms with van der Waals surface area (Å²) in [6, 6.07) is -0.223. The number of hydrogen-bond donors (Lipinski definition) is 2. The lowest BCUT2D eigenvalue weighted by atomic mass is 10.3. The minimum atomic E-state index is -2.94. The molecule has 0 saturated carbocycles. The van der Waals surface area contributed by atoms with E-state index in [4.69, 9.17) is 12.2 Å². The lowest BCUT2D eigenvalue weighted by Crippen LogP contribution is -2.44. The zero-order valence-electron chi connectivity index (χ0n) is 8.15. The van der Waals surface area contributed by atoms with E-state index < -0.39 is 15.9 Å². The molecule has 0 aromatic carbocycles. The number of carbonyl (C=O) groups excluding carboxylic acids is 1. The first-order valence-corrected chi connectivity index (χ1v) is 6.52. The number of methoxy groups -OCH3 is 1. The largest absolute Gasteiger partial charge is 0.453 e. The molecular weight excluding hydrogens is 240 g/mol. The molecule has 8 heteroatoms.